The van der Waals surface area contributed by atoms with Gasteiger partial charge in [-0.05, 0) is 25.1 Å². The molecule has 4 heteroatoms. The zero-order valence-electron chi connectivity index (χ0n) is 8.51. The fourth-order valence-corrected chi connectivity index (χ4v) is 1.32. The van der Waals surface area contributed by atoms with Gasteiger partial charge in [-0.1, -0.05) is 18.5 Å². The molecule has 1 N–H and O–H groups in total. The Bertz CT molecular complexity index is 291. The fourth-order valence-electron chi connectivity index (χ4n) is 1.07. The summed E-state index contributed by atoms with van der Waals surface area (Å²) in [6.45, 7) is 6.27. The fraction of sp³-hybridized carbons (Fsp3) is 0.500. The summed E-state index contributed by atoms with van der Waals surface area (Å²) in [5, 5.41) is 3.78. The monoisotopic (exact) mass is 214 g/mol. The lowest BCUT2D eigenvalue weighted by Crippen LogP contribution is -2.12. The second-order valence-electron chi connectivity index (χ2n) is 2.84. The Labute approximate surface area is 89.4 Å². The van der Waals surface area contributed by atoms with E-state index >= 15 is 0 Å². The van der Waals surface area contributed by atoms with Crippen LogP contribution in [0, 0.1) is 0 Å². The maximum absolute atomic E-state index is 5.97. The minimum Gasteiger partial charge on any atom is -0.477 e. The zero-order valence-corrected chi connectivity index (χ0v) is 9.27. The average Bonchev–Trinajstić information content (AvgIpc) is 2.19. The van der Waals surface area contributed by atoms with E-state index in [1.54, 1.807) is 6.20 Å². The van der Waals surface area contributed by atoms with Crippen LogP contribution in [-0.4, -0.2) is 18.1 Å². The smallest absolute Gasteiger partial charge is 0.232 e. The first-order valence-electron chi connectivity index (χ1n) is 4.75. The molecule has 1 heterocycles. The van der Waals surface area contributed by atoms with Crippen LogP contribution < -0.4 is 10.1 Å². The van der Waals surface area contributed by atoms with E-state index in [1.807, 2.05) is 13.0 Å². The summed E-state index contributed by atoms with van der Waals surface area (Å²) >= 11 is 5.97. The minimum atomic E-state index is 0.509. The normalized spacial score (nSPS) is 10.2. The van der Waals surface area contributed by atoms with Gasteiger partial charge in [-0.25, -0.2) is 4.98 Å². The number of aromatic nitrogens is 1. The van der Waals surface area contributed by atoms with Gasteiger partial charge in [-0.3, -0.25) is 0 Å². The van der Waals surface area contributed by atoms with Gasteiger partial charge >= 0.3 is 0 Å². The summed E-state index contributed by atoms with van der Waals surface area (Å²) in [6.07, 6.45) is 1.78. The lowest BCUT2D eigenvalue weighted by atomic mass is 10.3. The summed E-state index contributed by atoms with van der Waals surface area (Å²) in [4.78, 5) is 4.13. The molecule has 1 aromatic rings. The quantitative estimate of drug-likeness (QED) is 0.817. The van der Waals surface area contributed by atoms with Crippen molar-refractivity contribution in [1.82, 2.24) is 10.3 Å². The van der Waals surface area contributed by atoms with Crippen molar-refractivity contribution < 1.29 is 4.74 Å². The molecule has 0 aliphatic carbocycles. The maximum atomic E-state index is 5.97. The number of nitrogens with zero attached hydrogens (tertiary/aromatic N) is 1. The molecule has 0 spiro atoms. The van der Waals surface area contributed by atoms with E-state index in [0.29, 0.717) is 17.5 Å². The van der Waals surface area contributed by atoms with Crippen LogP contribution in [0.1, 0.15) is 19.4 Å². The lowest BCUT2D eigenvalue weighted by Gasteiger charge is -2.06. The highest BCUT2D eigenvalue weighted by Gasteiger charge is 2.03. The molecule has 14 heavy (non-hydrogen) atoms. The Morgan fingerprint density at radius 1 is 1.50 bits per heavy atom. The van der Waals surface area contributed by atoms with Gasteiger partial charge in [0.05, 0.1) is 6.61 Å². The molecule has 0 atom stereocenters. The van der Waals surface area contributed by atoms with E-state index in [0.717, 1.165) is 18.7 Å². The van der Waals surface area contributed by atoms with E-state index in [2.05, 4.69) is 17.2 Å². The molecular weight excluding hydrogens is 200 g/mol. The van der Waals surface area contributed by atoms with Crippen LogP contribution in [0.2, 0.25) is 5.02 Å². The molecule has 0 saturated carbocycles. The number of hydrogen-bond donors (Lipinski definition) is 1. The average molecular weight is 215 g/mol. The first-order valence-corrected chi connectivity index (χ1v) is 5.13. The summed E-state index contributed by atoms with van der Waals surface area (Å²) in [6, 6.07) is 1.88. The zero-order chi connectivity index (χ0) is 10.4. The van der Waals surface area contributed by atoms with Gasteiger partial charge in [0.15, 0.2) is 0 Å². The van der Waals surface area contributed by atoms with Gasteiger partial charge in [0.25, 0.3) is 0 Å². The Morgan fingerprint density at radius 3 is 2.86 bits per heavy atom. The van der Waals surface area contributed by atoms with Crippen LogP contribution in [0.3, 0.4) is 0 Å². The van der Waals surface area contributed by atoms with Gasteiger partial charge in [0.1, 0.15) is 5.02 Å². The van der Waals surface area contributed by atoms with Gasteiger partial charge < -0.3 is 10.1 Å². The van der Waals surface area contributed by atoms with E-state index in [4.69, 9.17) is 16.3 Å². The molecule has 0 amide bonds. The minimum absolute atomic E-state index is 0.509. The first kappa shape index (κ1) is 11.3. The van der Waals surface area contributed by atoms with E-state index in [-0.39, 0.29) is 0 Å². The molecule has 0 saturated heterocycles. The van der Waals surface area contributed by atoms with E-state index < -0.39 is 0 Å². The molecular formula is C10H15ClN2O. The number of rotatable bonds is 5. The Morgan fingerprint density at radius 2 is 2.29 bits per heavy atom. The summed E-state index contributed by atoms with van der Waals surface area (Å²) in [5.41, 5.74) is 1.07. The molecule has 0 bridgehead atoms. The number of nitrogens with one attached hydrogen (secondary N) is 1. The van der Waals surface area contributed by atoms with Crippen molar-refractivity contribution in [2.24, 2.45) is 0 Å². The third-order valence-corrected chi connectivity index (χ3v) is 2.00. The second kappa shape index (κ2) is 5.83. The summed E-state index contributed by atoms with van der Waals surface area (Å²) in [7, 11) is 0. The van der Waals surface area contributed by atoms with Crippen LogP contribution in [0.4, 0.5) is 0 Å². The Kier molecular flexibility index (Phi) is 4.70. The molecule has 0 fully saturated rings. The third kappa shape index (κ3) is 3.16. The van der Waals surface area contributed by atoms with Gasteiger partial charge in [0, 0.05) is 12.7 Å². The highest BCUT2D eigenvalue weighted by atomic mass is 35.5. The molecule has 1 aromatic heterocycles. The number of pyridine rings is 1. The van der Waals surface area contributed by atoms with E-state index in [1.165, 1.54) is 0 Å². The van der Waals surface area contributed by atoms with E-state index in [9.17, 15) is 0 Å². The molecule has 0 aliphatic rings. The van der Waals surface area contributed by atoms with Crippen LogP contribution in [0.25, 0.3) is 0 Å². The highest BCUT2D eigenvalue weighted by Crippen LogP contribution is 2.22. The lowest BCUT2D eigenvalue weighted by molar-refractivity contribution is 0.327. The maximum Gasteiger partial charge on any atom is 0.232 e. The summed E-state index contributed by atoms with van der Waals surface area (Å²) in [5.74, 6) is 0.509. The van der Waals surface area contributed by atoms with Crippen LogP contribution in [0.15, 0.2) is 12.3 Å². The van der Waals surface area contributed by atoms with Crippen molar-refractivity contribution in [3.05, 3.63) is 22.8 Å². The Hall–Kier alpha value is -0.800. The van der Waals surface area contributed by atoms with Gasteiger partial charge in [-0.2, -0.15) is 0 Å². The van der Waals surface area contributed by atoms with Crippen LogP contribution in [0.5, 0.6) is 5.88 Å². The standard InChI is InChI=1S/C10H15ClN2O/c1-3-12-6-8-5-9(11)10(13-7-8)14-4-2/h5,7,12H,3-4,6H2,1-2H3. The largest absolute Gasteiger partial charge is 0.477 e. The third-order valence-electron chi connectivity index (χ3n) is 1.72. The molecule has 0 unspecified atom stereocenters. The summed E-state index contributed by atoms with van der Waals surface area (Å²) < 4.78 is 5.23. The highest BCUT2D eigenvalue weighted by molar-refractivity contribution is 6.31. The predicted octanol–water partition coefficient (Wildman–Crippen LogP) is 2.24. The first-order chi connectivity index (χ1) is 6.77. The van der Waals surface area contributed by atoms with Crippen LogP contribution in [-0.2, 0) is 6.54 Å². The Balaban J connectivity index is 2.68. The van der Waals surface area contributed by atoms with Gasteiger partial charge in [-0.15, -0.1) is 0 Å². The van der Waals surface area contributed by atoms with Crippen molar-refractivity contribution in [1.29, 1.82) is 0 Å². The molecule has 0 aliphatic heterocycles. The van der Waals surface area contributed by atoms with Crippen molar-refractivity contribution in [3.8, 4) is 5.88 Å². The SMILES string of the molecule is CCNCc1cnc(OCC)c(Cl)c1. The van der Waals surface area contributed by atoms with Crippen molar-refractivity contribution in [2.45, 2.75) is 20.4 Å². The number of hydrogen-bond acceptors (Lipinski definition) is 3. The molecule has 78 valence electrons. The molecule has 3 nitrogen and oxygen atoms in total. The van der Waals surface area contributed by atoms with Crippen LogP contribution >= 0.6 is 11.6 Å². The number of ether oxygens (including phenoxy) is 1. The second-order valence-corrected chi connectivity index (χ2v) is 3.25. The molecule has 1 rings (SSSR count). The van der Waals surface area contributed by atoms with Gasteiger partial charge in [0.2, 0.25) is 5.88 Å². The van der Waals surface area contributed by atoms with Crippen molar-refractivity contribution in [3.63, 3.8) is 0 Å². The predicted molar refractivity (Wildman–Crippen MR) is 57.8 cm³/mol. The molecule has 0 radical (unpaired) electrons. The number of halogens is 1. The molecule has 0 aromatic carbocycles. The van der Waals surface area contributed by atoms with Crippen molar-refractivity contribution >= 4 is 11.6 Å². The van der Waals surface area contributed by atoms with Crippen molar-refractivity contribution in [2.75, 3.05) is 13.2 Å². The topological polar surface area (TPSA) is 34.2 Å².